The van der Waals surface area contributed by atoms with Crippen LogP contribution in [-0.4, -0.2) is 43.1 Å². The topological polar surface area (TPSA) is 74.7 Å². The highest BCUT2D eigenvalue weighted by Crippen LogP contribution is 2.39. The highest BCUT2D eigenvalue weighted by atomic mass is 35.5. The number of hydrogen-bond donors (Lipinski definition) is 1. The largest absolute Gasteiger partial charge is 0.481 e. The molecule has 2 rings (SSSR count). The normalized spacial score (nSPS) is 23.2. The van der Waals surface area contributed by atoms with E-state index < -0.39 is 57.8 Å². The molecule has 1 aromatic carbocycles. The molecule has 0 unspecified atom stereocenters. The van der Waals surface area contributed by atoms with Crippen LogP contribution in [0.5, 0.6) is 0 Å². The molecule has 0 aromatic heterocycles. The zero-order valence-electron chi connectivity index (χ0n) is 11.2. The molecule has 0 bridgehead atoms. The lowest BCUT2D eigenvalue weighted by Crippen LogP contribution is -2.34. The molecule has 1 heterocycles. The van der Waals surface area contributed by atoms with E-state index >= 15 is 0 Å². The van der Waals surface area contributed by atoms with Crippen LogP contribution < -0.4 is 0 Å². The quantitative estimate of drug-likeness (QED) is 0.823. The van der Waals surface area contributed by atoms with E-state index in [9.17, 15) is 30.8 Å². The molecule has 1 aromatic rings. The molecule has 11 heteroatoms. The average Bonchev–Trinajstić information content (AvgIpc) is 2.83. The molecule has 23 heavy (non-hydrogen) atoms. The summed E-state index contributed by atoms with van der Waals surface area (Å²) in [6.45, 7) is -1.90. The van der Waals surface area contributed by atoms with Gasteiger partial charge in [-0.1, -0.05) is 11.6 Å². The minimum Gasteiger partial charge on any atom is -0.481 e. The average molecular weight is 376 g/mol. The van der Waals surface area contributed by atoms with E-state index in [1.54, 1.807) is 0 Å². The maximum Gasteiger partial charge on any atom is 0.393 e. The standard InChI is InChI=1S/C12H10ClF4NO4S/c13-6-1-7(14)3-8(2-6)23(21,22)18-4-9(11(19)20)10(5-18)12(15,16)17/h1-3,9-10H,4-5H2,(H,19,20)/t9-,10-/m1/s1. The fourth-order valence-electron chi connectivity index (χ4n) is 2.37. The number of alkyl halides is 3. The van der Waals surface area contributed by atoms with E-state index in [0.717, 1.165) is 12.1 Å². The number of hydrogen-bond acceptors (Lipinski definition) is 3. The van der Waals surface area contributed by atoms with Crippen LogP contribution in [0.25, 0.3) is 0 Å². The molecule has 5 nitrogen and oxygen atoms in total. The highest BCUT2D eigenvalue weighted by molar-refractivity contribution is 7.89. The van der Waals surface area contributed by atoms with Crippen LogP contribution in [0.4, 0.5) is 17.6 Å². The minimum atomic E-state index is -4.87. The van der Waals surface area contributed by atoms with Crippen molar-refractivity contribution in [2.45, 2.75) is 11.1 Å². The van der Waals surface area contributed by atoms with E-state index in [1.165, 1.54) is 0 Å². The number of carboxylic acid groups (broad SMARTS) is 1. The Morgan fingerprint density at radius 1 is 1.26 bits per heavy atom. The van der Waals surface area contributed by atoms with Gasteiger partial charge >= 0.3 is 12.1 Å². The van der Waals surface area contributed by atoms with E-state index in [4.69, 9.17) is 16.7 Å². The van der Waals surface area contributed by atoms with Gasteiger partial charge in [0, 0.05) is 18.1 Å². The van der Waals surface area contributed by atoms with Crippen LogP contribution in [0.1, 0.15) is 0 Å². The van der Waals surface area contributed by atoms with Gasteiger partial charge in [-0.3, -0.25) is 4.79 Å². The summed E-state index contributed by atoms with van der Waals surface area (Å²) >= 11 is 5.55. The molecule has 0 aliphatic carbocycles. The van der Waals surface area contributed by atoms with E-state index in [-0.39, 0.29) is 5.02 Å². The monoisotopic (exact) mass is 375 g/mol. The maximum absolute atomic E-state index is 13.3. The molecule has 1 fully saturated rings. The summed E-state index contributed by atoms with van der Waals surface area (Å²) in [6.07, 6.45) is -4.87. The van der Waals surface area contributed by atoms with Crippen LogP contribution in [0.2, 0.25) is 5.02 Å². The van der Waals surface area contributed by atoms with Gasteiger partial charge in [0.1, 0.15) is 5.82 Å². The number of nitrogens with zero attached hydrogens (tertiary/aromatic N) is 1. The van der Waals surface area contributed by atoms with Gasteiger partial charge in [0.2, 0.25) is 10.0 Å². The third-order valence-electron chi connectivity index (χ3n) is 3.50. The van der Waals surface area contributed by atoms with Crippen molar-refractivity contribution >= 4 is 27.6 Å². The van der Waals surface area contributed by atoms with Gasteiger partial charge in [-0.05, 0) is 18.2 Å². The molecular weight excluding hydrogens is 366 g/mol. The number of sulfonamides is 1. The van der Waals surface area contributed by atoms with Gasteiger partial charge in [-0.25, -0.2) is 12.8 Å². The molecule has 0 saturated carbocycles. The molecule has 1 saturated heterocycles. The van der Waals surface area contributed by atoms with Crippen LogP contribution in [0.15, 0.2) is 23.1 Å². The second-order valence-electron chi connectivity index (χ2n) is 5.02. The number of aliphatic carboxylic acids is 1. The second-order valence-corrected chi connectivity index (χ2v) is 7.39. The first-order valence-electron chi connectivity index (χ1n) is 6.18. The SMILES string of the molecule is O=C(O)[C@@H]1CN(S(=O)(=O)c2cc(F)cc(Cl)c2)C[C@H]1C(F)(F)F. The first-order valence-corrected chi connectivity index (χ1v) is 8.00. The van der Waals surface area contributed by atoms with Crippen LogP contribution >= 0.6 is 11.6 Å². The third kappa shape index (κ3) is 3.59. The minimum absolute atomic E-state index is 0.245. The Morgan fingerprint density at radius 2 is 1.87 bits per heavy atom. The molecular formula is C12H10ClF4NO4S. The fourth-order valence-corrected chi connectivity index (χ4v) is 4.21. The summed E-state index contributed by atoms with van der Waals surface area (Å²) in [7, 11) is -4.50. The lowest BCUT2D eigenvalue weighted by Gasteiger charge is -2.18. The number of carboxylic acids is 1. The van der Waals surface area contributed by atoms with Crippen LogP contribution in [0.3, 0.4) is 0 Å². The first-order chi connectivity index (χ1) is 10.4. The number of benzene rings is 1. The Morgan fingerprint density at radius 3 is 2.30 bits per heavy atom. The Labute approximate surface area is 133 Å². The van der Waals surface area contributed by atoms with Gasteiger partial charge in [0.25, 0.3) is 0 Å². The molecule has 0 radical (unpaired) electrons. The zero-order valence-corrected chi connectivity index (χ0v) is 12.8. The van der Waals surface area contributed by atoms with Crippen molar-refractivity contribution < 1.29 is 35.9 Å². The Balaban J connectivity index is 2.40. The summed E-state index contributed by atoms with van der Waals surface area (Å²) in [5, 5.41) is 8.64. The van der Waals surface area contributed by atoms with E-state index in [1.807, 2.05) is 0 Å². The van der Waals surface area contributed by atoms with Gasteiger partial charge in [-0.2, -0.15) is 17.5 Å². The molecule has 128 valence electrons. The summed E-state index contributed by atoms with van der Waals surface area (Å²) in [6, 6.07) is 2.33. The lowest BCUT2D eigenvalue weighted by molar-refractivity contribution is -0.187. The van der Waals surface area contributed by atoms with Gasteiger partial charge in [-0.15, -0.1) is 0 Å². The Kier molecular flexibility index (Phi) is 4.62. The molecule has 1 aliphatic heterocycles. The van der Waals surface area contributed by atoms with Crippen molar-refractivity contribution in [2.24, 2.45) is 11.8 Å². The molecule has 1 aliphatic rings. The predicted octanol–water partition coefficient (Wildman–Crippen LogP) is 2.36. The van der Waals surface area contributed by atoms with Crippen molar-refractivity contribution in [2.75, 3.05) is 13.1 Å². The third-order valence-corrected chi connectivity index (χ3v) is 5.53. The Bertz CT molecular complexity index is 717. The van der Waals surface area contributed by atoms with Crippen molar-refractivity contribution in [3.63, 3.8) is 0 Å². The van der Waals surface area contributed by atoms with Crippen LogP contribution in [0, 0.1) is 17.7 Å². The molecule has 0 spiro atoms. The van der Waals surface area contributed by atoms with E-state index in [2.05, 4.69) is 0 Å². The fraction of sp³-hybridized carbons (Fsp3) is 0.417. The zero-order chi connectivity index (χ0) is 17.6. The summed E-state index contributed by atoms with van der Waals surface area (Å²) in [5.41, 5.74) is 0. The Hall–Kier alpha value is -1.39. The number of halogens is 5. The van der Waals surface area contributed by atoms with Crippen molar-refractivity contribution in [3.8, 4) is 0 Å². The summed E-state index contributed by atoms with van der Waals surface area (Å²) < 4.78 is 77.0. The maximum atomic E-state index is 13.3. The predicted molar refractivity (Wildman–Crippen MR) is 70.8 cm³/mol. The lowest BCUT2D eigenvalue weighted by atomic mass is 9.96. The van der Waals surface area contributed by atoms with Crippen molar-refractivity contribution in [1.29, 1.82) is 0 Å². The second kappa shape index (κ2) is 5.91. The van der Waals surface area contributed by atoms with Gasteiger partial charge < -0.3 is 5.11 Å². The smallest absolute Gasteiger partial charge is 0.393 e. The molecule has 1 N–H and O–H groups in total. The van der Waals surface area contributed by atoms with Gasteiger partial charge in [0.05, 0.1) is 16.7 Å². The summed E-state index contributed by atoms with van der Waals surface area (Å²) in [4.78, 5) is 10.3. The number of rotatable bonds is 3. The number of carbonyl (C=O) groups is 1. The first kappa shape index (κ1) is 18.0. The van der Waals surface area contributed by atoms with Crippen molar-refractivity contribution in [3.05, 3.63) is 29.0 Å². The molecule has 2 atom stereocenters. The van der Waals surface area contributed by atoms with E-state index in [0.29, 0.717) is 10.4 Å². The highest BCUT2D eigenvalue weighted by Gasteiger charge is 2.55. The molecule has 0 amide bonds. The van der Waals surface area contributed by atoms with Crippen molar-refractivity contribution in [1.82, 2.24) is 4.31 Å². The van der Waals surface area contributed by atoms with Gasteiger partial charge in [0.15, 0.2) is 0 Å². The summed E-state index contributed by atoms with van der Waals surface area (Å²) in [5.74, 6) is -6.98. The van der Waals surface area contributed by atoms with Crippen LogP contribution in [-0.2, 0) is 14.8 Å².